The lowest BCUT2D eigenvalue weighted by Gasteiger charge is -2.36. The van der Waals surface area contributed by atoms with E-state index >= 15 is 0 Å². The Balaban J connectivity index is 1.20. The molecule has 0 aliphatic carbocycles. The first kappa shape index (κ1) is 32.9. The summed E-state index contributed by atoms with van der Waals surface area (Å²) in [4.78, 5) is 35.1. The van der Waals surface area contributed by atoms with Crippen LogP contribution in [0.3, 0.4) is 0 Å². The molecule has 6 rings (SSSR count). The minimum Gasteiger partial charge on any atom is -0.476 e. The lowest BCUT2D eigenvalue weighted by atomic mass is 9.77. The maximum Gasteiger partial charge on any atom is 0.360 e. The lowest BCUT2D eigenvalue weighted by Crippen LogP contribution is -2.38. The normalized spacial score (nSPS) is 11.6. The van der Waals surface area contributed by atoms with Crippen LogP contribution in [-0.2, 0) is 24.7 Å². The topological polar surface area (TPSA) is 110 Å². The summed E-state index contributed by atoms with van der Waals surface area (Å²) in [5, 5.41) is 19.6. The number of rotatable bonds is 14. The predicted molar refractivity (Wildman–Crippen MR) is 191 cm³/mol. The molecule has 2 N–H and O–H groups in total. The first-order valence-corrected chi connectivity index (χ1v) is 16.6. The highest BCUT2D eigenvalue weighted by molar-refractivity contribution is 7.14. The summed E-state index contributed by atoms with van der Waals surface area (Å²) < 4.78 is 5.82. The molecule has 0 radical (unpaired) electrons. The van der Waals surface area contributed by atoms with E-state index in [0.29, 0.717) is 5.13 Å². The third-order valence-corrected chi connectivity index (χ3v) is 8.63. The second kappa shape index (κ2) is 15.7. The van der Waals surface area contributed by atoms with Crippen LogP contribution in [0.15, 0.2) is 162 Å². The van der Waals surface area contributed by atoms with Crippen LogP contribution in [0.5, 0.6) is 0 Å². The summed E-state index contributed by atoms with van der Waals surface area (Å²) >= 11 is 1.26. The number of carbonyl (C=O) groups is 2. The number of carbonyl (C=O) groups excluding carboxylic acids is 1. The number of carboxylic acid groups (broad SMARTS) is 1. The minimum atomic E-state index is -1.31. The maximum absolute atomic E-state index is 12.8. The largest absolute Gasteiger partial charge is 0.476 e. The molecule has 0 unspecified atom stereocenters. The molecule has 1 aromatic heterocycles. The fourth-order valence-corrected chi connectivity index (χ4v) is 6.34. The van der Waals surface area contributed by atoms with Crippen molar-refractivity contribution in [3.05, 3.63) is 191 Å². The van der Waals surface area contributed by atoms with Crippen molar-refractivity contribution in [2.24, 2.45) is 5.16 Å². The van der Waals surface area contributed by atoms with Gasteiger partial charge in [-0.15, -0.1) is 11.3 Å². The van der Waals surface area contributed by atoms with Gasteiger partial charge in [-0.25, -0.2) is 9.78 Å². The van der Waals surface area contributed by atoms with Crippen LogP contribution in [0.2, 0.25) is 0 Å². The molecule has 0 aliphatic rings. The summed E-state index contributed by atoms with van der Waals surface area (Å²) in [6.07, 6.45) is -0.729. The minimum absolute atomic E-state index is 0.124. The zero-order valence-electron chi connectivity index (χ0n) is 26.4. The van der Waals surface area contributed by atoms with E-state index in [1.54, 1.807) is 5.38 Å². The van der Waals surface area contributed by atoms with Crippen LogP contribution >= 0.6 is 11.3 Å². The first-order valence-electron chi connectivity index (χ1n) is 15.7. The molecule has 0 fully saturated rings. The Hall–Kier alpha value is -6.06. The van der Waals surface area contributed by atoms with E-state index in [2.05, 4.69) is 15.5 Å². The van der Waals surface area contributed by atoms with Gasteiger partial charge in [0.2, 0.25) is 5.71 Å². The van der Waals surface area contributed by atoms with Gasteiger partial charge in [-0.1, -0.05) is 157 Å². The summed E-state index contributed by atoms with van der Waals surface area (Å²) in [6, 6.07) is 49.0. The molecule has 5 aromatic carbocycles. The van der Waals surface area contributed by atoms with Crippen LogP contribution in [-0.4, -0.2) is 34.3 Å². The van der Waals surface area contributed by atoms with Crippen molar-refractivity contribution in [3.8, 4) is 0 Å². The van der Waals surface area contributed by atoms with Crippen LogP contribution in [0.4, 0.5) is 5.13 Å². The highest BCUT2D eigenvalue weighted by Crippen LogP contribution is 2.40. The SMILES string of the molecule is O=C(CCON=C(C(=O)O)c1csc(NC(c2ccccc2)(c2ccccc2)c2ccccc2)n1)OC(c1ccccc1)c1ccccc1. The first-order chi connectivity index (χ1) is 24.0. The number of aromatic nitrogens is 1. The van der Waals surface area contributed by atoms with E-state index in [4.69, 9.17) is 9.57 Å². The highest BCUT2D eigenvalue weighted by atomic mass is 32.1. The number of oxime groups is 1. The molecule has 1 heterocycles. The molecule has 0 aliphatic heterocycles. The van der Waals surface area contributed by atoms with Gasteiger partial charge in [-0.05, 0) is 27.8 Å². The second-order valence-electron chi connectivity index (χ2n) is 11.0. The summed E-state index contributed by atoms with van der Waals surface area (Å²) in [5.74, 6) is -1.82. The van der Waals surface area contributed by atoms with Gasteiger partial charge < -0.3 is 20.0 Å². The van der Waals surface area contributed by atoms with E-state index in [-0.39, 0.29) is 24.4 Å². The number of ether oxygens (including phenoxy) is 1. The van der Waals surface area contributed by atoms with Crippen molar-refractivity contribution in [1.82, 2.24) is 4.98 Å². The van der Waals surface area contributed by atoms with Gasteiger partial charge in [0.05, 0.1) is 6.42 Å². The van der Waals surface area contributed by atoms with E-state index in [9.17, 15) is 14.7 Å². The van der Waals surface area contributed by atoms with Crippen molar-refractivity contribution < 1.29 is 24.3 Å². The molecular formula is C40H33N3O5S. The number of anilines is 1. The molecule has 49 heavy (non-hydrogen) atoms. The van der Waals surface area contributed by atoms with Gasteiger partial charge >= 0.3 is 11.9 Å². The Morgan fingerprint density at radius 2 is 1.16 bits per heavy atom. The van der Waals surface area contributed by atoms with Gasteiger partial charge in [-0.3, -0.25) is 4.79 Å². The molecular weight excluding hydrogens is 635 g/mol. The Morgan fingerprint density at radius 3 is 1.61 bits per heavy atom. The number of hydrogen-bond acceptors (Lipinski definition) is 8. The van der Waals surface area contributed by atoms with Crippen molar-refractivity contribution in [3.63, 3.8) is 0 Å². The number of carboxylic acids is 1. The molecule has 9 heteroatoms. The molecule has 8 nitrogen and oxygen atoms in total. The molecule has 6 aromatic rings. The fraction of sp³-hybridized carbons (Fsp3) is 0.100. The quantitative estimate of drug-likeness (QED) is 0.0397. The smallest absolute Gasteiger partial charge is 0.360 e. The number of hydrogen-bond donors (Lipinski definition) is 2. The molecule has 0 spiro atoms. The van der Waals surface area contributed by atoms with Crippen molar-refractivity contribution in [2.45, 2.75) is 18.1 Å². The van der Waals surface area contributed by atoms with Gasteiger partial charge in [-0.2, -0.15) is 0 Å². The zero-order chi connectivity index (χ0) is 33.9. The average molecular weight is 668 g/mol. The van der Waals surface area contributed by atoms with Crippen molar-refractivity contribution in [1.29, 1.82) is 0 Å². The maximum atomic E-state index is 12.8. The number of benzene rings is 5. The fourth-order valence-electron chi connectivity index (χ4n) is 5.59. The third kappa shape index (κ3) is 7.75. The van der Waals surface area contributed by atoms with Gasteiger partial charge in [0.15, 0.2) is 11.2 Å². The zero-order valence-corrected chi connectivity index (χ0v) is 27.2. The lowest BCUT2D eigenvalue weighted by molar-refractivity contribution is -0.148. The van der Waals surface area contributed by atoms with Gasteiger partial charge in [0, 0.05) is 5.38 Å². The van der Waals surface area contributed by atoms with Gasteiger partial charge in [0.1, 0.15) is 17.8 Å². The Morgan fingerprint density at radius 1 is 0.714 bits per heavy atom. The van der Waals surface area contributed by atoms with Crippen LogP contribution < -0.4 is 5.32 Å². The molecule has 0 bridgehead atoms. The van der Waals surface area contributed by atoms with Crippen LogP contribution in [0.25, 0.3) is 0 Å². The van der Waals surface area contributed by atoms with E-state index < -0.39 is 23.6 Å². The van der Waals surface area contributed by atoms with Crippen molar-refractivity contribution >= 4 is 34.1 Å². The van der Waals surface area contributed by atoms with Gasteiger partial charge in [0.25, 0.3) is 0 Å². The third-order valence-electron chi connectivity index (χ3n) is 7.87. The Labute approximate surface area is 288 Å². The molecule has 0 saturated heterocycles. The number of nitrogens with one attached hydrogen (secondary N) is 1. The average Bonchev–Trinajstić information content (AvgIpc) is 3.62. The Kier molecular flexibility index (Phi) is 10.5. The molecule has 0 atom stereocenters. The van der Waals surface area contributed by atoms with E-state index in [0.717, 1.165) is 27.8 Å². The monoisotopic (exact) mass is 667 g/mol. The second-order valence-corrected chi connectivity index (χ2v) is 11.9. The summed E-state index contributed by atoms with van der Waals surface area (Å²) in [5.41, 5.74) is 3.51. The number of esters is 1. The van der Waals surface area contributed by atoms with Crippen LogP contribution in [0, 0.1) is 0 Å². The predicted octanol–water partition coefficient (Wildman–Crippen LogP) is 8.08. The highest BCUT2D eigenvalue weighted by Gasteiger charge is 2.37. The number of aliphatic carboxylic acids is 1. The summed E-state index contributed by atoms with van der Waals surface area (Å²) in [6.45, 7) is -0.180. The summed E-state index contributed by atoms with van der Waals surface area (Å²) in [7, 11) is 0. The van der Waals surface area contributed by atoms with Crippen LogP contribution in [0.1, 0.15) is 46.0 Å². The molecule has 244 valence electrons. The molecule has 0 amide bonds. The standard InChI is InChI=1S/C40H33N3O5S/c44-35(48-37(29-16-6-1-7-17-29)30-18-8-2-9-19-30)26-27-47-43-36(38(45)46)34-28-49-39(41-34)42-40(31-20-10-3-11-21-31,32-22-12-4-13-23-32)33-24-14-5-15-25-33/h1-25,28,37H,26-27H2,(H,41,42)(H,45,46). The Bertz CT molecular complexity index is 1850. The van der Waals surface area contributed by atoms with E-state index in [1.165, 1.54) is 11.3 Å². The van der Waals surface area contributed by atoms with Crippen molar-refractivity contribution in [2.75, 3.05) is 11.9 Å². The van der Waals surface area contributed by atoms with E-state index in [1.807, 2.05) is 152 Å². The molecule has 0 saturated carbocycles. The number of nitrogens with zero attached hydrogens (tertiary/aromatic N) is 2. The number of thiazole rings is 1.